The van der Waals surface area contributed by atoms with Crippen LogP contribution in [-0.4, -0.2) is 12.1 Å². The van der Waals surface area contributed by atoms with E-state index in [0.717, 1.165) is 25.3 Å². The van der Waals surface area contributed by atoms with E-state index in [1.165, 1.54) is 5.56 Å². The lowest BCUT2D eigenvalue weighted by atomic mass is 10.0. The number of ether oxygens (including phenoxy) is 1. The number of hydrogen-bond acceptors (Lipinski definition) is 2. The predicted octanol–water partition coefficient (Wildman–Crippen LogP) is 4.09. The van der Waals surface area contributed by atoms with Crippen molar-refractivity contribution < 1.29 is 4.74 Å². The van der Waals surface area contributed by atoms with Crippen LogP contribution in [0.2, 0.25) is 0 Å². The van der Waals surface area contributed by atoms with Gasteiger partial charge in [-0.25, -0.2) is 0 Å². The van der Waals surface area contributed by atoms with Crippen LogP contribution in [-0.2, 0) is 6.54 Å². The average molecular weight is 271 g/mol. The van der Waals surface area contributed by atoms with Gasteiger partial charge >= 0.3 is 0 Å². The van der Waals surface area contributed by atoms with E-state index in [1.807, 2.05) is 6.07 Å². The molecule has 0 spiro atoms. The van der Waals surface area contributed by atoms with Crippen LogP contribution in [0.4, 0.5) is 0 Å². The van der Waals surface area contributed by atoms with Gasteiger partial charge in [-0.1, -0.05) is 36.4 Å². The summed E-state index contributed by atoms with van der Waals surface area (Å²) in [7, 11) is 0. The summed E-state index contributed by atoms with van der Waals surface area (Å²) >= 11 is 0. The van der Waals surface area contributed by atoms with Crippen molar-refractivity contribution in [3.8, 4) is 5.75 Å². The molecule has 1 N–H and O–H groups in total. The molecule has 0 heterocycles. The van der Waals surface area contributed by atoms with E-state index in [-0.39, 0.29) is 5.54 Å². The molecule has 0 radical (unpaired) electrons. The van der Waals surface area contributed by atoms with Gasteiger partial charge in [0.2, 0.25) is 0 Å². The van der Waals surface area contributed by atoms with E-state index in [9.17, 15) is 0 Å². The Hall–Kier alpha value is -1.54. The van der Waals surface area contributed by atoms with Crippen molar-refractivity contribution in [3.63, 3.8) is 0 Å². The third-order valence-electron chi connectivity index (χ3n) is 3.25. The van der Waals surface area contributed by atoms with E-state index in [1.54, 1.807) is 0 Å². The summed E-state index contributed by atoms with van der Waals surface area (Å²) < 4.78 is 5.91. The second-order valence-corrected chi connectivity index (χ2v) is 6.37. The van der Waals surface area contributed by atoms with Gasteiger partial charge in [0.1, 0.15) is 5.75 Å². The molecule has 1 aromatic carbocycles. The van der Waals surface area contributed by atoms with Crippen LogP contribution in [0.1, 0.15) is 32.8 Å². The van der Waals surface area contributed by atoms with Crippen molar-refractivity contribution in [1.29, 1.82) is 0 Å². The Morgan fingerprint density at radius 2 is 2.10 bits per heavy atom. The molecule has 0 bridgehead atoms. The van der Waals surface area contributed by atoms with E-state index in [2.05, 4.69) is 68.6 Å². The Balaban J connectivity index is 1.86. The third-order valence-corrected chi connectivity index (χ3v) is 3.25. The molecule has 0 saturated heterocycles. The van der Waals surface area contributed by atoms with Gasteiger partial charge < -0.3 is 10.1 Å². The number of rotatable bonds is 5. The van der Waals surface area contributed by atoms with Crippen LogP contribution in [0.5, 0.6) is 5.75 Å². The van der Waals surface area contributed by atoms with Gasteiger partial charge in [0.05, 0.1) is 6.61 Å². The molecular formula is C18H25NO. The Kier molecular flexibility index (Phi) is 5.02. The number of benzene rings is 1. The van der Waals surface area contributed by atoms with Crippen LogP contribution < -0.4 is 10.1 Å². The molecule has 1 aliphatic rings. The Bertz CT molecular complexity index is 482. The summed E-state index contributed by atoms with van der Waals surface area (Å²) in [4.78, 5) is 0. The van der Waals surface area contributed by atoms with Gasteiger partial charge in [0.15, 0.2) is 0 Å². The molecule has 20 heavy (non-hydrogen) atoms. The molecule has 1 atom stereocenters. The Morgan fingerprint density at radius 3 is 2.80 bits per heavy atom. The van der Waals surface area contributed by atoms with Crippen LogP contribution in [0, 0.1) is 5.92 Å². The molecule has 0 saturated carbocycles. The monoisotopic (exact) mass is 271 g/mol. The summed E-state index contributed by atoms with van der Waals surface area (Å²) in [6.07, 6.45) is 9.67. The minimum absolute atomic E-state index is 0.135. The van der Waals surface area contributed by atoms with Crippen LogP contribution in [0.3, 0.4) is 0 Å². The molecule has 2 nitrogen and oxygen atoms in total. The summed E-state index contributed by atoms with van der Waals surface area (Å²) in [5.41, 5.74) is 1.40. The highest BCUT2D eigenvalue weighted by atomic mass is 16.5. The van der Waals surface area contributed by atoms with Gasteiger partial charge in [-0.3, -0.25) is 0 Å². The highest BCUT2D eigenvalue weighted by Crippen LogP contribution is 2.17. The first kappa shape index (κ1) is 14.9. The molecule has 0 amide bonds. The standard InChI is InChI=1S/C18H25NO/c1-18(2,3)19-13-16-10-7-11-17(12-16)20-14-15-8-5-4-6-9-15/h4-8,10-12,15,19H,9,13-14H2,1-3H3. The fourth-order valence-corrected chi connectivity index (χ4v) is 2.07. The van der Waals surface area contributed by atoms with Crippen molar-refractivity contribution in [1.82, 2.24) is 5.32 Å². The van der Waals surface area contributed by atoms with Crippen LogP contribution in [0.15, 0.2) is 48.6 Å². The normalized spacial score (nSPS) is 18.2. The van der Waals surface area contributed by atoms with Crippen molar-refractivity contribution in [3.05, 3.63) is 54.1 Å². The molecule has 1 unspecified atom stereocenters. The number of nitrogens with one attached hydrogen (secondary N) is 1. The van der Waals surface area contributed by atoms with Crippen molar-refractivity contribution in [2.45, 2.75) is 39.3 Å². The lowest BCUT2D eigenvalue weighted by molar-refractivity contribution is 0.275. The lowest BCUT2D eigenvalue weighted by Crippen LogP contribution is -2.35. The molecule has 2 heteroatoms. The smallest absolute Gasteiger partial charge is 0.119 e. The van der Waals surface area contributed by atoms with E-state index >= 15 is 0 Å². The fourth-order valence-electron chi connectivity index (χ4n) is 2.07. The van der Waals surface area contributed by atoms with Crippen molar-refractivity contribution >= 4 is 0 Å². The molecule has 1 aromatic rings. The van der Waals surface area contributed by atoms with Crippen LogP contribution >= 0.6 is 0 Å². The van der Waals surface area contributed by atoms with E-state index < -0.39 is 0 Å². The van der Waals surface area contributed by atoms with Gasteiger partial charge in [-0.2, -0.15) is 0 Å². The van der Waals surface area contributed by atoms with Gasteiger partial charge in [-0.15, -0.1) is 0 Å². The maximum atomic E-state index is 5.91. The molecule has 0 fully saturated rings. The quantitative estimate of drug-likeness (QED) is 0.871. The minimum atomic E-state index is 0.135. The zero-order valence-electron chi connectivity index (χ0n) is 12.7. The zero-order chi connectivity index (χ0) is 14.4. The Morgan fingerprint density at radius 1 is 1.25 bits per heavy atom. The zero-order valence-corrected chi connectivity index (χ0v) is 12.7. The highest BCUT2D eigenvalue weighted by Gasteiger charge is 2.09. The molecule has 108 valence electrons. The Labute approximate surface area is 122 Å². The lowest BCUT2D eigenvalue weighted by Gasteiger charge is -2.21. The topological polar surface area (TPSA) is 21.3 Å². The molecule has 2 rings (SSSR count). The van der Waals surface area contributed by atoms with Crippen molar-refractivity contribution in [2.75, 3.05) is 6.61 Å². The predicted molar refractivity (Wildman–Crippen MR) is 84.9 cm³/mol. The van der Waals surface area contributed by atoms with Crippen LogP contribution in [0.25, 0.3) is 0 Å². The average Bonchev–Trinajstić information content (AvgIpc) is 2.44. The SMILES string of the molecule is CC(C)(C)NCc1cccc(OCC2C=CC=CC2)c1. The second kappa shape index (κ2) is 6.76. The first-order chi connectivity index (χ1) is 9.53. The summed E-state index contributed by atoms with van der Waals surface area (Å²) in [6, 6.07) is 8.35. The molecule has 0 aromatic heterocycles. The van der Waals surface area contributed by atoms with Gasteiger partial charge in [0, 0.05) is 18.0 Å². The third kappa shape index (κ3) is 5.22. The highest BCUT2D eigenvalue weighted by molar-refractivity contribution is 5.28. The molecular weight excluding hydrogens is 246 g/mol. The minimum Gasteiger partial charge on any atom is -0.493 e. The summed E-state index contributed by atoms with van der Waals surface area (Å²) in [6.45, 7) is 8.15. The summed E-state index contributed by atoms with van der Waals surface area (Å²) in [5.74, 6) is 1.46. The van der Waals surface area contributed by atoms with E-state index in [0.29, 0.717) is 5.92 Å². The molecule has 1 aliphatic carbocycles. The number of hydrogen-bond donors (Lipinski definition) is 1. The van der Waals surface area contributed by atoms with Gasteiger partial charge in [-0.05, 0) is 44.9 Å². The van der Waals surface area contributed by atoms with Gasteiger partial charge in [0.25, 0.3) is 0 Å². The maximum Gasteiger partial charge on any atom is 0.119 e. The fraction of sp³-hybridized carbons (Fsp3) is 0.444. The maximum absolute atomic E-state index is 5.91. The van der Waals surface area contributed by atoms with E-state index in [4.69, 9.17) is 4.74 Å². The molecule has 0 aliphatic heterocycles. The first-order valence-corrected chi connectivity index (χ1v) is 7.33. The second-order valence-electron chi connectivity index (χ2n) is 6.37. The largest absolute Gasteiger partial charge is 0.493 e. The number of allylic oxidation sites excluding steroid dienone is 3. The first-order valence-electron chi connectivity index (χ1n) is 7.33. The van der Waals surface area contributed by atoms with Crippen molar-refractivity contribution in [2.24, 2.45) is 5.92 Å². The summed E-state index contributed by atoms with van der Waals surface area (Å²) in [5, 5.41) is 3.49.